The first-order valence-electron chi connectivity index (χ1n) is 11.3. The average molecular weight is 562 g/mol. The van der Waals surface area contributed by atoms with Crippen molar-refractivity contribution in [3.05, 3.63) is 48.4 Å². The molecular formula is C24H28FN7O6S. The van der Waals surface area contributed by atoms with E-state index in [-0.39, 0.29) is 29.2 Å². The summed E-state index contributed by atoms with van der Waals surface area (Å²) in [4.78, 5) is 11.6. The Hall–Kier alpha value is -4.37. The van der Waals surface area contributed by atoms with E-state index >= 15 is 0 Å². The molecule has 0 aliphatic heterocycles. The van der Waals surface area contributed by atoms with Crippen LogP contribution >= 0.6 is 0 Å². The van der Waals surface area contributed by atoms with E-state index in [1.54, 1.807) is 36.4 Å². The molecular weight excluding hydrogens is 533 g/mol. The standard InChI is InChI=1S/C24H28FN7O6S/c1-14(25)13-27-22(26-3)21(33)15(2)39(34,35)31-24-30-29-23(16-9-7-12-19(28-16)38-6)32(24)20-17(36-4)10-8-11-18(20)37-5/h7-13,15,21,33H,3H2,1-2,4-6H3,(H,30,31)/b14-13+,27-22?/t15-,21+/m1/s1. The van der Waals surface area contributed by atoms with Gasteiger partial charge in [0, 0.05) is 6.07 Å². The number of allylic oxidation sites excluding steroid dienone is 1. The van der Waals surface area contributed by atoms with Crippen LogP contribution in [-0.2, 0) is 10.0 Å². The molecule has 3 aromatic rings. The number of sulfonamides is 1. The van der Waals surface area contributed by atoms with Gasteiger partial charge in [-0.05, 0) is 38.8 Å². The Kier molecular flexibility index (Phi) is 9.32. The molecule has 208 valence electrons. The quantitative estimate of drug-likeness (QED) is 0.265. The van der Waals surface area contributed by atoms with E-state index in [0.717, 1.165) is 13.1 Å². The second kappa shape index (κ2) is 12.4. The van der Waals surface area contributed by atoms with E-state index in [9.17, 15) is 17.9 Å². The lowest BCUT2D eigenvalue weighted by atomic mass is 10.2. The van der Waals surface area contributed by atoms with Crippen molar-refractivity contribution in [2.24, 2.45) is 9.98 Å². The molecule has 0 spiro atoms. The van der Waals surface area contributed by atoms with E-state index in [0.29, 0.717) is 17.2 Å². The predicted octanol–water partition coefficient (Wildman–Crippen LogP) is 2.78. The van der Waals surface area contributed by atoms with Crippen LogP contribution in [0.25, 0.3) is 17.2 Å². The first-order valence-corrected chi connectivity index (χ1v) is 12.9. The highest BCUT2D eigenvalue weighted by Crippen LogP contribution is 2.37. The van der Waals surface area contributed by atoms with Crippen molar-refractivity contribution in [2.45, 2.75) is 25.2 Å². The van der Waals surface area contributed by atoms with E-state index in [1.165, 1.54) is 32.8 Å². The molecule has 0 unspecified atom stereocenters. The van der Waals surface area contributed by atoms with Gasteiger partial charge in [-0.2, -0.15) is 0 Å². The lowest BCUT2D eigenvalue weighted by Gasteiger charge is -2.21. The normalized spacial score (nSPS) is 13.9. The van der Waals surface area contributed by atoms with Crippen LogP contribution in [0.2, 0.25) is 0 Å². The van der Waals surface area contributed by atoms with Crippen molar-refractivity contribution in [1.82, 2.24) is 19.7 Å². The van der Waals surface area contributed by atoms with Gasteiger partial charge in [0.15, 0.2) is 11.7 Å². The zero-order chi connectivity index (χ0) is 28.7. The Morgan fingerprint density at radius 2 is 1.77 bits per heavy atom. The van der Waals surface area contributed by atoms with Gasteiger partial charge in [-0.3, -0.25) is 9.29 Å². The van der Waals surface area contributed by atoms with Gasteiger partial charge < -0.3 is 19.3 Å². The summed E-state index contributed by atoms with van der Waals surface area (Å²) in [6.07, 6.45) is -0.967. The number of methoxy groups -OCH3 is 3. The molecule has 2 atom stereocenters. The zero-order valence-corrected chi connectivity index (χ0v) is 22.7. The number of anilines is 1. The van der Waals surface area contributed by atoms with Gasteiger partial charge in [0.25, 0.3) is 0 Å². The third-order valence-electron chi connectivity index (χ3n) is 5.42. The van der Waals surface area contributed by atoms with Crippen molar-refractivity contribution in [3.63, 3.8) is 0 Å². The zero-order valence-electron chi connectivity index (χ0n) is 21.9. The fourth-order valence-corrected chi connectivity index (χ4v) is 4.43. The summed E-state index contributed by atoms with van der Waals surface area (Å²) < 4.78 is 59.9. The SMILES string of the molecule is C=NC(=N/C=C(\C)F)[C@@H](O)[C@@H](C)S(=O)(=O)Nc1nnc(-c2cccc(OC)n2)n1-c1c(OC)cccc1OC. The van der Waals surface area contributed by atoms with Gasteiger partial charge in [0.1, 0.15) is 40.1 Å². The summed E-state index contributed by atoms with van der Waals surface area (Å²) in [5, 5.41) is 17.3. The number of halogens is 1. The summed E-state index contributed by atoms with van der Waals surface area (Å²) in [5.41, 5.74) is 0.573. The molecule has 3 rings (SSSR count). The molecule has 0 fully saturated rings. The lowest BCUT2D eigenvalue weighted by Crippen LogP contribution is -2.40. The molecule has 2 aromatic heterocycles. The van der Waals surface area contributed by atoms with Crippen molar-refractivity contribution < 1.29 is 32.1 Å². The summed E-state index contributed by atoms with van der Waals surface area (Å²) in [7, 11) is -0.0684. The van der Waals surface area contributed by atoms with E-state index in [4.69, 9.17) is 14.2 Å². The number of aliphatic imine (C=N–C) groups is 2. The fraction of sp³-hybridized carbons (Fsp3) is 0.292. The third-order valence-corrected chi connectivity index (χ3v) is 7.12. The Labute approximate surface area is 224 Å². The Balaban J connectivity index is 2.18. The van der Waals surface area contributed by atoms with Gasteiger partial charge in [-0.1, -0.05) is 12.1 Å². The number of nitrogens with one attached hydrogen (secondary N) is 1. The summed E-state index contributed by atoms with van der Waals surface area (Å²) >= 11 is 0. The molecule has 0 amide bonds. The smallest absolute Gasteiger partial charge is 0.243 e. The minimum atomic E-state index is -4.39. The van der Waals surface area contributed by atoms with Gasteiger partial charge in [0.2, 0.25) is 21.9 Å². The Bertz CT molecular complexity index is 1480. The largest absolute Gasteiger partial charge is 0.494 e. The number of para-hydroxylation sites is 1. The number of ether oxygens (including phenoxy) is 3. The molecule has 13 nitrogen and oxygen atoms in total. The average Bonchev–Trinajstić information content (AvgIpc) is 3.34. The van der Waals surface area contributed by atoms with Crippen LogP contribution in [-0.4, -0.2) is 78.5 Å². The number of nitrogens with zero attached hydrogens (tertiary/aromatic N) is 6. The maximum Gasteiger partial charge on any atom is 0.243 e. The van der Waals surface area contributed by atoms with Crippen LogP contribution in [0.15, 0.2) is 58.4 Å². The Morgan fingerprint density at radius 1 is 1.13 bits per heavy atom. The molecule has 15 heteroatoms. The van der Waals surface area contributed by atoms with Crippen molar-refractivity contribution in [3.8, 4) is 34.6 Å². The fourth-order valence-electron chi connectivity index (χ4n) is 3.40. The number of aliphatic hydroxyl groups is 1. The number of amidine groups is 1. The van der Waals surface area contributed by atoms with Crippen LogP contribution in [0.3, 0.4) is 0 Å². The first-order chi connectivity index (χ1) is 18.6. The van der Waals surface area contributed by atoms with E-state index < -0.39 is 27.2 Å². The number of aliphatic hydroxyl groups excluding tert-OH is 1. The number of benzene rings is 1. The van der Waals surface area contributed by atoms with Crippen LogP contribution < -0.4 is 18.9 Å². The molecule has 2 heterocycles. The summed E-state index contributed by atoms with van der Waals surface area (Å²) in [5.74, 6) is -0.291. The minimum Gasteiger partial charge on any atom is -0.494 e. The van der Waals surface area contributed by atoms with Crippen LogP contribution in [0.1, 0.15) is 13.8 Å². The summed E-state index contributed by atoms with van der Waals surface area (Å²) in [6.45, 7) is 5.62. The number of hydrogen-bond acceptors (Lipinski definition) is 10. The predicted molar refractivity (Wildman–Crippen MR) is 144 cm³/mol. The monoisotopic (exact) mass is 561 g/mol. The molecule has 0 bridgehead atoms. The third kappa shape index (κ3) is 6.38. The molecule has 0 radical (unpaired) electrons. The van der Waals surface area contributed by atoms with Gasteiger partial charge in [-0.15, -0.1) is 10.2 Å². The topological polar surface area (TPSA) is 162 Å². The van der Waals surface area contributed by atoms with Crippen molar-refractivity contribution in [2.75, 3.05) is 26.1 Å². The molecule has 0 aliphatic carbocycles. The highest BCUT2D eigenvalue weighted by atomic mass is 32.2. The molecule has 2 N–H and O–H groups in total. The van der Waals surface area contributed by atoms with Crippen LogP contribution in [0.4, 0.5) is 10.3 Å². The van der Waals surface area contributed by atoms with E-state index in [2.05, 4.69) is 36.6 Å². The van der Waals surface area contributed by atoms with Gasteiger partial charge in [0.05, 0.1) is 27.5 Å². The molecule has 0 saturated carbocycles. The molecule has 0 saturated heterocycles. The molecule has 1 aromatic carbocycles. The maximum atomic E-state index is 13.4. The second-order valence-electron chi connectivity index (χ2n) is 7.92. The minimum absolute atomic E-state index is 0.126. The highest BCUT2D eigenvalue weighted by molar-refractivity contribution is 7.93. The number of rotatable bonds is 11. The summed E-state index contributed by atoms with van der Waals surface area (Å²) in [6, 6.07) is 9.92. The molecule has 0 aliphatic rings. The Morgan fingerprint density at radius 3 is 2.33 bits per heavy atom. The van der Waals surface area contributed by atoms with Crippen molar-refractivity contribution >= 4 is 28.5 Å². The second-order valence-corrected chi connectivity index (χ2v) is 9.95. The maximum absolute atomic E-state index is 13.4. The van der Waals surface area contributed by atoms with Crippen LogP contribution in [0, 0.1) is 0 Å². The highest BCUT2D eigenvalue weighted by Gasteiger charge is 2.34. The first kappa shape index (κ1) is 29.2. The van der Waals surface area contributed by atoms with E-state index in [1.807, 2.05) is 0 Å². The van der Waals surface area contributed by atoms with Crippen LogP contribution in [0.5, 0.6) is 17.4 Å². The lowest BCUT2D eigenvalue weighted by molar-refractivity contribution is 0.238. The number of pyridine rings is 1. The van der Waals surface area contributed by atoms with Gasteiger partial charge >= 0.3 is 0 Å². The van der Waals surface area contributed by atoms with Gasteiger partial charge in [-0.25, -0.2) is 27.8 Å². The molecule has 39 heavy (non-hydrogen) atoms. The number of aromatic nitrogens is 4. The van der Waals surface area contributed by atoms with Crippen molar-refractivity contribution in [1.29, 1.82) is 0 Å². The number of hydrogen-bond donors (Lipinski definition) is 2.